The Morgan fingerprint density at radius 2 is 1.40 bits per heavy atom. The molecule has 3 N–H and O–H groups in total. The number of rotatable bonds is 15. The molecule has 1 saturated heterocycles. The minimum atomic E-state index is -1.08. The second-order valence-electron chi connectivity index (χ2n) is 15.3. The lowest BCUT2D eigenvalue weighted by Crippen LogP contribution is -2.71. The number of carbonyl (C=O) groups excluding carboxylic acids is 4. The molecule has 2 amide bonds. The van der Waals surface area contributed by atoms with Gasteiger partial charge in [0, 0.05) is 35.1 Å². The van der Waals surface area contributed by atoms with Gasteiger partial charge in [0.05, 0.1) is 6.20 Å². The Morgan fingerprint density at radius 3 is 1.91 bits per heavy atom. The number of β-lactam (4-membered cyclic amide) rings is 1. The molecule has 7 aromatic rings. The lowest BCUT2D eigenvalue weighted by Gasteiger charge is -2.49. The lowest BCUT2D eigenvalue weighted by atomic mass is 9.77. The van der Waals surface area contributed by atoms with E-state index in [1.54, 1.807) is 0 Å². The monoisotopic (exact) mass is 1010 g/mol. The number of ether oxygens (including phenoxy) is 1. The molecular formula is C50H40BrN7O6S3. The van der Waals surface area contributed by atoms with E-state index in [9.17, 15) is 19.2 Å². The van der Waals surface area contributed by atoms with Crippen LogP contribution in [0.25, 0.3) is 0 Å². The SMILES string of the molecule is CC(=O)O/N=C(\C(=O)N[C@@H]1C(=O)N2C(C(=O)OC(c3ccccc3)c3ccccc3)=C(SCc3cnn(C(c4ccccc4)(c4ccccc4)c4ccccc4)c3)CS[C@@H]12)c1nc(N)sc1Br. The molecule has 5 aromatic carbocycles. The molecule has 2 aliphatic rings. The highest BCUT2D eigenvalue weighted by atomic mass is 79.9. The molecule has 2 atom stereocenters. The Bertz CT molecular complexity index is 2860. The van der Waals surface area contributed by atoms with E-state index >= 15 is 0 Å². The fourth-order valence-electron chi connectivity index (χ4n) is 8.14. The van der Waals surface area contributed by atoms with E-state index in [4.69, 9.17) is 20.4 Å². The van der Waals surface area contributed by atoms with Gasteiger partial charge >= 0.3 is 11.9 Å². The number of aromatic nitrogens is 3. The van der Waals surface area contributed by atoms with Gasteiger partial charge in [-0.2, -0.15) is 5.10 Å². The summed E-state index contributed by atoms with van der Waals surface area (Å²) in [6.45, 7) is 1.14. The average Bonchev–Trinajstić information content (AvgIpc) is 3.98. The normalized spacial score (nSPS) is 16.0. The van der Waals surface area contributed by atoms with Gasteiger partial charge in [0.1, 0.15) is 32.1 Å². The van der Waals surface area contributed by atoms with Crippen LogP contribution in [0.2, 0.25) is 0 Å². The van der Waals surface area contributed by atoms with Crippen molar-refractivity contribution in [1.29, 1.82) is 0 Å². The molecular weight excluding hydrogens is 971 g/mol. The molecule has 0 spiro atoms. The highest BCUT2D eigenvalue weighted by molar-refractivity contribution is 9.11. The summed E-state index contributed by atoms with van der Waals surface area (Å²) in [6, 6.07) is 48.5. The van der Waals surface area contributed by atoms with Crippen molar-refractivity contribution in [2.24, 2.45) is 5.16 Å². The largest absolute Gasteiger partial charge is 0.448 e. The van der Waals surface area contributed by atoms with E-state index in [-0.39, 0.29) is 22.2 Å². The van der Waals surface area contributed by atoms with Crippen molar-refractivity contribution >= 4 is 85.4 Å². The predicted molar refractivity (Wildman–Crippen MR) is 264 cm³/mol. The van der Waals surface area contributed by atoms with E-state index < -0.39 is 46.8 Å². The van der Waals surface area contributed by atoms with Crippen molar-refractivity contribution in [3.05, 3.63) is 218 Å². The van der Waals surface area contributed by atoms with E-state index in [1.165, 1.54) is 28.4 Å². The summed E-state index contributed by atoms with van der Waals surface area (Å²) in [7, 11) is 0. The predicted octanol–water partition coefficient (Wildman–Crippen LogP) is 8.67. The van der Waals surface area contributed by atoms with Gasteiger partial charge in [0.25, 0.3) is 11.8 Å². The Morgan fingerprint density at radius 1 is 0.866 bits per heavy atom. The van der Waals surface area contributed by atoms with Crippen LogP contribution in [0.15, 0.2) is 184 Å². The zero-order valence-electron chi connectivity index (χ0n) is 35.6. The molecule has 0 bridgehead atoms. The number of amides is 2. The number of halogens is 1. The van der Waals surface area contributed by atoms with Crippen LogP contribution in [-0.4, -0.2) is 66.3 Å². The number of anilines is 1. The molecule has 17 heteroatoms. The molecule has 336 valence electrons. The first kappa shape index (κ1) is 45.4. The zero-order valence-corrected chi connectivity index (χ0v) is 39.6. The van der Waals surface area contributed by atoms with E-state index in [0.29, 0.717) is 20.2 Å². The van der Waals surface area contributed by atoms with Crippen molar-refractivity contribution < 1.29 is 28.8 Å². The standard InChI is InChI=1S/C50H40BrN7O6S3/c1-31(59)64-56-40(39-44(51)67-49(52)55-39)45(60)54-41-46(61)58-42(48(62)63-43(33-17-7-2-8-18-33)34-19-9-3-10-20-34)38(30-66-47(41)58)65-29-32-27-53-57(28-32)50(35-21-11-4-12-22-35,36-23-13-5-14-24-36)37-25-15-6-16-26-37/h2-28,41,43,47H,29-30H2,1H3,(H2,52,55)(H,54,60)/b56-40-/t41-,47+/m1/s1. The number of nitrogens with two attached hydrogens (primary N) is 1. The number of fused-ring (bicyclic) bond motifs is 1. The lowest BCUT2D eigenvalue weighted by molar-refractivity contribution is -0.154. The van der Waals surface area contributed by atoms with Gasteiger partial charge in [-0.3, -0.25) is 19.2 Å². The van der Waals surface area contributed by atoms with Crippen LogP contribution in [0, 0.1) is 0 Å². The van der Waals surface area contributed by atoms with Crippen molar-refractivity contribution in [3.63, 3.8) is 0 Å². The number of carbonyl (C=O) groups is 4. The molecule has 0 saturated carbocycles. The third-order valence-corrected chi connectivity index (χ3v) is 15.3. The minimum absolute atomic E-state index is 0.0359. The fourth-order valence-corrected chi connectivity index (χ4v) is 12.0. The number of esters is 1. The highest BCUT2D eigenvalue weighted by Crippen LogP contribution is 2.46. The first-order valence-corrected chi connectivity index (χ1v) is 24.6. The van der Waals surface area contributed by atoms with Crippen LogP contribution in [0.3, 0.4) is 0 Å². The summed E-state index contributed by atoms with van der Waals surface area (Å²) < 4.78 is 8.78. The molecule has 67 heavy (non-hydrogen) atoms. The molecule has 0 radical (unpaired) electrons. The number of nitrogen functional groups attached to an aromatic ring is 1. The van der Waals surface area contributed by atoms with E-state index in [1.807, 2.05) is 132 Å². The number of nitrogens with zero attached hydrogens (tertiary/aromatic N) is 5. The van der Waals surface area contributed by atoms with Crippen molar-refractivity contribution in [3.8, 4) is 0 Å². The van der Waals surface area contributed by atoms with E-state index in [2.05, 4.69) is 67.8 Å². The molecule has 4 heterocycles. The van der Waals surface area contributed by atoms with Gasteiger partial charge in [0.15, 0.2) is 16.9 Å². The second kappa shape index (κ2) is 20.0. The maximum Gasteiger partial charge on any atom is 0.356 e. The Labute approximate surface area is 406 Å². The van der Waals surface area contributed by atoms with Gasteiger partial charge in [-0.05, 0) is 43.7 Å². The quantitative estimate of drug-likeness (QED) is 0.0252. The van der Waals surface area contributed by atoms with Gasteiger partial charge < -0.3 is 20.6 Å². The van der Waals surface area contributed by atoms with Gasteiger partial charge in [-0.15, -0.1) is 23.5 Å². The van der Waals surface area contributed by atoms with Crippen LogP contribution in [0.5, 0.6) is 0 Å². The average molecular weight is 1010 g/mol. The van der Waals surface area contributed by atoms with Crippen molar-refractivity contribution in [2.75, 3.05) is 11.5 Å². The number of thioether (sulfide) groups is 2. The first-order chi connectivity index (χ1) is 32.6. The fraction of sp³-hybridized carbons (Fsp3) is 0.140. The molecule has 9 rings (SSSR count). The molecule has 1 fully saturated rings. The smallest absolute Gasteiger partial charge is 0.356 e. The summed E-state index contributed by atoms with van der Waals surface area (Å²) in [5, 5.41) is 11.0. The van der Waals surface area contributed by atoms with E-state index in [0.717, 1.165) is 51.6 Å². The third-order valence-electron chi connectivity index (χ3n) is 11.1. The maximum absolute atomic E-state index is 14.8. The van der Waals surface area contributed by atoms with Crippen LogP contribution < -0.4 is 11.1 Å². The topological polar surface area (TPSA) is 171 Å². The van der Waals surface area contributed by atoms with Gasteiger partial charge in [-0.1, -0.05) is 168 Å². The van der Waals surface area contributed by atoms with Crippen molar-refractivity contribution in [1.82, 2.24) is 25.0 Å². The summed E-state index contributed by atoms with van der Waals surface area (Å²) in [6.07, 6.45) is 3.07. The summed E-state index contributed by atoms with van der Waals surface area (Å²) in [4.78, 5) is 65.8. The number of hydrogen-bond donors (Lipinski definition) is 2. The maximum atomic E-state index is 14.8. The third kappa shape index (κ3) is 9.19. The Balaban J connectivity index is 1.06. The summed E-state index contributed by atoms with van der Waals surface area (Å²) >= 11 is 7.21. The van der Waals surface area contributed by atoms with Crippen LogP contribution in [0.4, 0.5) is 5.13 Å². The highest BCUT2D eigenvalue weighted by Gasteiger charge is 2.55. The number of benzene rings is 5. The number of hydrogen-bond acceptors (Lipinski definition) is 13. The minimum Gasteiger partial charge on any atom is -0.448 e. The number of oxime groups is 1. The molecule has 0 aliphatic carbocycles. The van der Waals surface area contributed by atoms with Crippen LogP contribution in [0.1, 0.15) is 52.1 Å². The Kier molecular flexibility index (Phi) is 13.5. The molecule has 2 aromatic heterocycles. The summed E-state index contributed by atoms with van der Waals surface area (Å²) in [5.74, 6) is -2.12. The second-order valence-corrected chi connectivity index (χ2v) is 19.9. The van der Waals surface area contributed by atoms with Gasteiger partial charge in [0.2, 0.25) is 0 Å². The summed E-state index contributed by atoms with van der Waals surface area (Å²) in [5.41, 5.74) is 10.3. The zero-order chi connectivity index (χ0) is 46.5. The molecule has 0 unspecified atom stereocenters. The Hall–Kier alpha value is -6.79. The molecule has 2 aliphatic heterocycles. The van der Waals surface area contributed by atoms with Crippen LogP contribution in [-0.2, 0) is 40.0 Å². The number of thiazole rings is 1. The number of nitrogens with one attached hydrogen (secondary N) is 1. The van der Waals surface area contributed by atoms with Crippen LogP contribution >= 0.6 is 50.8 Å². The first-order valence-electron chi connectivity index (χ1n) is 20.9. The molecule has 13 nitrogen and oxygen atoms in total. The van der Waals surface area contributed by atoms with Gasteiger partial charge in [-0.25, -0.2) is 14.6 Å². The van der Waals surface area contributed by atoms with Crippen molar-refractivity contribution in [2.45, 2.75) is 35.7 Å².